The predicted molar refractivity (Wildman–Crippen MR) is 98.3 cm³/mol. The van der Waals surface area contributed by atoms with Gasteiger partial charge >= 0.3 is 5.82 Å². The van der Waals surface area contributed by atoms with Gasteiger partial charge in [-0.2, -0.15) is 4.98 Å². The second-order valence-electron chi connectivity index (χ2n) is 6.66. The van der Waals surface area contributed by atoms with Crippen LogP contribution in [0.4, 0.5) is 11.6 Å². The van der Waals surface area contributed by atoms with Gasteiger partial charge in [-0.05, 0) is 23.2 Å². The first-order chi connectivity index (χ1) is 12.8. The molecule has 0 radical (unpaired) electrons. The van der Waals surface area contributed by atoms with Crippen LogP contribution < -0.4 is 10.5 Å². The second-order valence-corrected chi connectivity index (χ2v) is 6.66. The van der Waals surface area contributed by atoms with Crippen LogP contribution in [-0.2, 0) is 4.74 Å². The van der Waals surface area contributed by atoms with Crippen LogP contribution in [0.5, 0.6) is 5.75 Å². The minimum Gasteiger partial charge on any atom is -0.497 e. The number of aromatic nitrogens is 3. The Hall–Kier alpha value is -2.93. The molecule has 0 saturated carbocycles. The molecule has 2 aromatic heterocycles. The summed E-state index contributed by atoms with van der Waals surface area (Å²) in [5.74, 6) is 2.26. The Balaban J connectivity index is 1.67. The van der Waals surface area contributed by atoms with E-state index in [1.54, 1.807) is 7.11 Å². The van der Waals surface area contributed by atoms with Crippen molar-refractivity contribution in [1.29, 1.82) is 0 Å². The first-order valence-corrected chi connectivity index (χ1v) is 8.78. The van der Waals surface area contributed by atoms with Gasteiger partial charge in [-0.1, -0.05) is 0 Å². The highest BCUT2D eigenvalue weighted by Gasteiger charge is 2.43. The molecule has 0 amide bonds. The van der Waals surface area contributed by atoms with Gasteiger partial charge in [0.2, 0.25) is 6.33 Å². The predicted octanol–water partition coefficient (Wildman–Crippen LogP) is 2.22. The third kappa shape index (κ3) is 2.20. The number of nitrogens with one attached hydrogen (secondary N) is 1. The lowest BCUT2D eigenvalue weighted by molar-refractivity contribution is -0.506. The molecule has 7 heteroatoms. The first kappa shape index (κ1) is 15.3. The van der Waals surface area contributed by atoms with Crippen molar-refractivity contribution in [1.82, 2.24) is 15.0 Å². The Morgan fingerprint density at radius 2 is 2.08 bits per heavy atom. The van der Waals surface area contributed by atoms with Gasteiger partial charge in [0.25, 0.3) is 0 Å². The Bertz CT molecular complexity index is 1030. The molecule has 1 aromatic carbocycles. The third-order valence-corrected chi connectivity index (χ3v) is 5.20. The molecule has 1 saturated heterocycles. The molecule has 26 heavy (non-hydrogen) atoms. The normalized spacial score (nSPS) is 17.3. The Morgan fingerprint density at radius 1 is 1.23 bits per heavy atom. The number of nitrogens with two attached hydrogens (primary N) is 1. The number of hydrogen-bond donors (Lipinski definition) is 2. The maximum absolute atomic E-state index is 6.17. The van der Waals surface area contributed by atoms with Crippen LogP contribution in [0.15, 0.2) is 30.6 Å². The molecule has 3 aromatic rings. The number of fused-ring (bicyclic) bond motifs is 2. The molecule has 2 aliphatic heterocycles. The lowest BCUT2D eigenvalue weighted by Crippen LogP contribution is -2.41. The maximum atomic E-state index is 6.17. The molecular weight excluding hydrogens is 330 g/mol. The number of ether oxygens (including phenoxy) is 2. The Labute approximate surface area is 150 Å². The number of methoxy groups -OCH3 is 1. The highest BCUT2D eigenvalue weighted by Crippen LogP contribution is 2.37. The van der Waals surface area contributed by atoms with E-state index in [2.05, 4.69) is 31.7 Å². The van der Waals surface area contributed by atoms with E-state index in [0.717, 1.165) is 65.5 Å². The van der Waals surface area contributed by atoms with E-state index in [9.17, 15) is 0 Å². The number of anilines is 1. The molecule has 0 unspecified atom stereocenters. The average molecular weight is 350 g/mol. The molecule has 1 fully saturated rings. The standard InChI is InChI=1S/C19H19N5O2/c1-25-13-3-2-11-8-15(23-14(11)9-13)17-16-18(20)21-10-22-19(16)24(17)12-4-6-26-7-5-12/h2-3,8-10,12H,4-7H2,1H3,(H2,20,21,22,23)/p+1. The number of benzene rings is 1. The van der Waals surface area contributed by atoms with Crippen molar-refractivity contribution in [3.63, 3.8) is 0 Å². The van der Waals surface area contributed by atoms with E-state index in [0.29, 0.717) is 11.9 Å². The van der Waals surface area contributed by atoms with Gasteiger partial charge < -0.3 is 20.2 Å². The van der Waals surface area contributed by atoms with Crippen LogP contribution in [0.2, 0.25) is 0 Å². The van der Waals surface area contributed by atoms with Gasteiger partial charge in [0.1, 0.15) is 17.6 Å². The molecular formula is C19H20N5O2+. The van der Waals surface area contributed by atoms with Crippen molar-refractivity contribution in [3.8, 4) is 5.75 Å². The number of nitrogen functional groups attached to an aromatic ring is 1. The molecule has 2 aliphatic rings. The van der Waals surface area contributed by atoms with Crippen LogP contribution in [-0.4, -0.2) is 51.6 Å². The number of aromatic amines is 1. The summed E-state index contributed by atoms with van der Waals surface area (Å²) in [6.07, 6.45) is 3.48. The molecule has 0 spiro atoms. The molecule has 3 N–H and O–H groups in total. The van der Waals surface area contributed by atoms with Crippen LogP contribution in [0.3, 0.4) is 0 Å². The van der Waals surface area contributed by atoms with Crippen molar-refractivity contribution in [2.75, 3.05) is 26.1 Å². The topological polar surface area (TPSA) is 89.1 Å². The van der Waals surface area contributed by atoms with E-state index in [1.807, 2.05) is 12.1 Å². The molecule has 7 nitrogen and oxygen atoms in total. The SMILES string of the molecule is COc1ccc2cc(C3=[N+](C4CCOCC4)c4ncnc(N)c43)[nH]c2c1. The van der Waals surface area contributed by atoms with Gasteiger partial charge in [0.15, 0.2) is 11.3 Å². The number of nitrogens with zero attached hydrogens (tertiary/aromatic N) is 3. The second kappa shape index (κ2) is 5.81. The Morgan fingerprint density at radius 3 is 2.88 bits per heavy atom. The van der Waals surface area contributed by atoms with Crippen molar-refractivity contribution < 1.29 is 14.0 Å². The fourth-order valence-corrected chi connectivity index (χ4v) is 3.90. The van der Waals surface area contributed by atoms with Gasteiger partial charge in [-0.15, -0.1) is 0 Å². The molecule has 0 aliphatic carbocycles. The highest BCUT2D eigenvalue weighted by molar-refractivity contribution is 6.18. The lowest BCUT2D eigenvalue weighted by Gasteiger charge is -2.29. The fourth-order valence-electron chi connectivity index (χ4n) is 3.90. The summed E-state index contributed by atoms with van der Waals surface area (Å²) in [7, 11) is 1.67. The van der Waals surface area contributed by atoms with Crippen LogP contribution >= 0.6 is 0 Å². The zero-order valence-electron chi connectivity index (χ0n) is 14.5. The highest BCUT2D eigenvalue weighted by atomic mass is 16.5. The zero-order chi connectivity index (χ0) is 17.7. The molecule has 132 valence electrons. The average Bonchev–Trinajstić information content (AvgIpc) is 3.06. The minimum atomic E-state index is 0.362. The summed E-state index contributed by atoms with van der Waals surface area (Å²) >= 11 is 0. The maximum Gasteiger partial charge on any atom is 0.341 e. The van der Waals surface area contributed by atoms with E-state index in [1.165, 1.54) is 6.33 Å². The van der Waals surface area contributed by atoms with Crippen molar-refractivity contribution in [2.24, 2.45) is 0 Å². The summed E-state index contributed by atoms with van der Waals surface area (Å²) in [4.78, 5) is 12.2. The summed E-state index contributed by atoms with van der Waals surface area (Å²) in [6.45, 7) is 1.54. The zero-order valence-corrected chi connectivity index (χ0v) is 14.5. The smallest absolute Gasteiger partial charge is 0.341 e. The first-order valence-electron chi connectivity index (χ1n) is 8.78. The quantitative estimate of drug-likeness (QED) is 0.707. The van der Waals surface area contributed by atoms with E-state index < -0.39 is 0 Å². The monoisotopic (exact) mass is 350 g/mol. The third-order valence-electron chi connectivity index (χ3n) is 5.20. The number of hydrogen-bond acceptors (Lipinski definition) is 5. The largest absolute Gasteiger partial charge is 0.497 e. The summed E-state index contributed by atoms with van der Waals surface area (Å²) < 4.78 is 13.2. The lowest BCUT2D eigenvalue weighted by atomic mass is 9.96. The minimum absolute atomic E-state index is 0.362. The van der Waals surface area contributed by atoms with Crippen LogP contribution in [0, 0.1) is 0 Å². The fraction of sp³-hybridized carbons (Fsp3) is 0.316. The number of rotatable bonds is 3. The van der Waals surface area contributed by atoms with Crippen molar-refractivity contribution >= 4 is 28.3 Å². The van der Waals surface area contributed by atoms with Crippen molar-refractivity contribution in [3.05, 3.63) is 41.9 Å². The molecule has 0 bridgehead atoms. The van der Waals surface area contributed by atoms with Crippen LogP contribution in [0.25, 0.3) is 10.9 Å². The summed E-state index contributed by atoms with van der Waals surface area (Å²) in [5.41, 5.74) is 10.2. The van der Waals surface area contributed by atoms with Crippen molar-refractivity contribution in [2.45, 2.75) is 18.9 Å². The Kier molecular flexibility index (Phi) is 3.43. The van der Waals surface area contributed by atoms with Gasteiger partial charge in [-0.3, -0.25) is 0 Å². The number of H-pyrrole nitrogens is 1. The van der Waals surface area contributed by atoms with E-state index in [4.69, 9.17) is 15.2 Å². The van der Waals surface area contributed by atoms with E-state index in [-0.39, 0.29) is 0 Å². The van der Waals surface area contributed by atoms with Gasteiger partial charge in [0, 0.05) is 29.8 Å². The van der Waals surface area contributed by atoms with Gasteiger partial charge in [0.05, 0.1) is 26.0 Å². The summed E-state index contributed by atoms with van der Waals surface area (Å²) in [6, 6.07) is 8.53. The van der Waals surface area contributed by atoms with Crippen LogP contribution in [0.1, 0.15) is 24.1 Å². The summed E-state index contributed by atoms with van der Waals surface area (Å²) in [5, 5.41) is 1.13. The molecule has 0 atom stereocenters. The molecule has 4 heterocycles. The van der Waals surface area contributed by atoms with Gasteiger partial charge in [-0.25, -0.2) is 4.58 Å². The molecule has 5 rings (SSSR count). The van der Waals surface area contributed by atoms with E-state index >= 15 is 0 Å².